The van der Waals surface area contributed by atoms with Gasteiger partial charge in [-0.05, 0) is 17.5 Å². The fourth-order valence-electron chi connectivity index (χ4n) is 2.79. The molecule has 124 valence electrons. The van der Waals surface area contributed by atoms with Crippen molar-refractivity contribution in [3.8, 4) is 11.8 Å². The van der Waals surface area contributed by atoms with Crippen LogP contribution in [0.2, 0.25) is 0 Å². The number of nitriles is 1. The molecule has 0 saturated carbocycles. The number of rotatable bonds is 3. The van der Waals surface area contributed by atoms with Crippen molar-refractivity contribution in [3.05, 3.63) is 51.7 Å². The highest BCUT2D eigenvalue weighted by Gasteiger charge is 2.27. The topological polar surface area (TPSA) is 59.3 Å². The highest BCUT2D eigenvalue weighted by Crippen LogP contribution is 2.37. The van der Waals surface area contributed by atoms with Gasteiger partial charge in [0.25, 0.3) is 0 Å². The van der Waals surface area contributed by atoms with E-state index in [0.29, 0.717) is 5.56 Å². The molecule has 2 N–H and O–H groups in total. The first-order chi connectivity index (χ1) is 10.3. The van der Waals surface area contributed by atoms with Gasteiger partial charge in [-0.25, -0.2) is 0 Å². The smallest absolute Gasteiger partial charge is 0.138 e. The van der Waals surface area contributed by atoms with Crippen molar-refractivity contribution >= 4 is 36.2 Å². The third-order valence-electron chi connectivity index (χ3n) is 3.81. The molecule has 2 heterocycles. The summed E-state index contributed by atoms with van der Waals surface area (Å²) < 4.78 is 0. The van der Waals surface area contributed by atoms with Gasteiger partial charge in [0, 0.05) is 36.6 Å². The summed E-state index contributed by atoms with van der Waals surface area (Å²) >= 11 is 1.69. The number of thiophene rings is 1. The Bertz CT molecular complexity index is 652. The lowest BCUT2D eigenvalue weighted by Crippen LogP contribution is -2.45. The monoisotopic (exact) mass is 371 g/mol. The van der Waals surface area contributed by atoms with Crippen LogP contribution in [0, 0.1) is 11.3 Å². The van der Waals surface area contributed by atoms with Crippen LogP contribution in [0.3, 0.4) is 0 Å². The second-order valence-corrected chi connectivity index (χ2v) is 6.04. The average Bonchev–Trinajstić information content (AvgIpc) is 3.04. The van der Waals surface area contributed by atoms with Gasteiger partial charge in [0.1, 0.15) is 11.8 Å². The normalized spacial score (nSPS) is 15.8. The van der Waals surface area contributed by atoms with Gasteiger partial charge in [-0.2, -0.15) is 5.26 Å². The Hall–Kier alpha value is -1.29. The maximum Gasteiger partial charge on any atom is 0.138 e. The number of hydrogen-bond acceptors (Lipinski definition) is 5. The molecular weight excluding hydrogens is 353 g/mol. The summed E-state index contributed by atoms with van der Waals surface area (Å²) in [7, 11) is 0. The molecular formula is C16H19Cl2N3OS. The quantitative estimate of drug-likeness (QED) is 0.869. The number of aromatic hydroxyl groups is 1. The van der Waals surface area contributed by atoms with Crippen LogP contribution in [0.25, 0.3) is 0 Å². The average molecular weight is 372 g/mol. The summed E-state index contributed by atoms with van der Waals surface area (Å²) in [4.78, 5) is 3.56. The van der Waals surface area contributed by atoms with Crippen LogP contribution in [0.1, 0.15) is 22.0 Å². The molecule has 1 aromatic carbocycles. The van der Waals surface area contributed by atoms with Gasteiger partial charge in [0.05, 0.1) is 11.6 Å². The molecule has 2 aromatic rings. The van der Waals surface area contributed by atoms with Crippen LogP contribution in [-0.4, -0.2) is 36.2 Å². The fourth-order valence-corrected chi connectivity index (χ4v) is 3.67. The number of nitrogens with one attached hydrogen (secondary N) is 1. The van der Waals surface area contributed by atoms with Crippen molar-refractivity contribution in [2.75, 3.05) is 26.2 Å². The largest absolute Gasteiger partial charge is 0.506 e. The van der Waals surface area contributed by atoms with Gasteiger partial charge in [-0.15, -0.1) is 36.2 Å². The molecule has 1 fully saturated rings. The molecule has 1 aliphatic heterocycles. The van der Waals surface area contributed by atoms with Crippen LogP contribution in [-0.2, 0) is 0 Å². The van der Waals surface area contributed by atoms with Crippen LogP contribution in [0.15, 0.2) is 35.7 Å². The Balaban J connectivity index is 0.00000132. The molecule has 4 nitrogen and oxygen atoms in total. The molecule has 1 aliphatic rings. The minimum absolute atomic E-state index is 0. The molecule has 0 amide bonds. The Morgan fingerprint density at radius 3 is 2.52 bits per heavy atom. The highest BCUT2D eigenvalue weighted by molar-refractivity contribution is 7.10. The Morgan fingerprint density at radius 1 is 1.17 bits per heavy atom. The maximum absolute atomic E-state index is 10.4. The Kier molecular flexibility index (Phi) is 7.83. The van der Waals surface area contributed by atoms with E-state index in [0.717, 1.165) is 31.7 Å². The van der Waals surface area contributed by atoms with E-state index in [4.69, 9.17) is 5.26 Å². The van der Waals surface area contributed by atoms with Crippen LogP contribution in [0.5, 0.6) is 5.75 Å². The van der Waals surface area contributed by atoms with E-state index in [1.165, 1.54) is 4.88 Å². The van der Waals surface area contributed by atoms with Crippen LogP contribution in [0.4, 0.5) is 0 Å². The first-order valence-electron chi connectivity index (χ1n) is 7.01. The number of hydrogen-bond donors (Lipinski definition) is 2. The molecule has 1 atom stereocenters. The Labute approximate surface area is 152 Å². The minimum Gasteiger partial charge on any atom is -0.506 e. The number of benzene rings is 1. The first kappa shape index (κ1) is 19.8. The van der Waals surface area contributed by atoms with E-state index in [-0.39, 0.29) is 36.6 Å². The van der Waals surface area contributed by atoms with Gasteiger partial charge >= 0.3 is 0 Å². The van der Waals surface area contributed by atoms with Crippen LogP contribution >= 0.6 is 36.2 Å². The molecule has 0 bridgehead atoms. The molecule has 1 saturated heterocycles. The highest BCUT2D eigenvalue weighted by atomic mass is 35.5. The van der Waals surface area contributed by atoms with Crippen molar-refractivity contribution < 1.29 is 5.11 Å². The summed E-state index contributed by atoms with van der Waals surface area (Å²) in [6, 6.07) is 11.6. The third-order valence-corrected chi connectivity index (χ3v) is 4.74. The SMILES string of the molecule is Cl.Cl.N#Cc1cccc([C@@H](c2cccs2)N2CCNCC2)c1O. The van der Waals surface area contributed by atoms with Crippen molar-refractivity contribution in [1.82, 2.24) is 10.2 Å². The van der Waals surface area contributed by atoms with Gasteiger partial charge < -0.3 is 10.4 Å². The van der Waals surface area contributed by atoms with E-state index in [2.05, 4.69) is 27.7 Å². The summed E-state index contributed by atoms with van der Waals surface area (Å²) in [5.41, 5.74) is 1.16. The predicted octanol–water partition coefficient (Wildman–Crippen LogP) is 3.16. The van der Waals surface area contributed by atoms with E-state index >= 15 is 0 Å². The van der Waals surface area contributed by atoms with Crippen molar-refractivity contribution in [2.24, 2.45) is 0 Å². The molecule has 0 radical (unpaired) electrons. The summed E-state index contributed by atoms with van der Waals surface area (Å²) in [5.74, 6) is 0.108. The predicted molar refractivity (Wildman–Crippen MR) is 97.9 cm³/mol. The van der Waals surface area contributed by atoms with Gasteiger partial charge in [0.15, 0.2) is 0 Å². The number of halogens is 2. The fraction of sp³-hybridized carbons (Fsp3) is 0.312. The maximum atomic E-state index is 10.4. The summed E-state index contributed by atoms with van der Waals surface area (Å²) in [6.07, 6.45) is 0. The molecule has 0 spiro atoms. The van der Waals surface area contributed by atoms with E-state index < -0.39 is 0 Å². The Morgan fingerprint density at radius 2 is 1.91 bits per heavy atom. The molecule has 0 aliphatic carbocycles. The molecule has 7 heteroatoms. The van der Waals surface area contributed by atoms with Gasteiger partial charge in [-0.1, -0.05) is 18.2 Å². The standard InChI is InChI=1S/C16H17N3OS.2ClH/c17-11-12-3-1-4-13(16(12)20)15(14-5-2-10-21-14)19-8-6-18-7-9-19;;/h1-5,10,15,18,20H,6-9H2;2*1H/t15-;;/m0../s1. The molecule has 0 unspecified atom stereocenters. The molecule has 1 aromatic heterocycles. The zero-order chi connectivity index (χ0) is 14.7. The number of phenols is 1. The summed E-state index contributed by atoms with van der Waals surface area (Å²) in [5, 5.41) is 25.0. The second-order valence-electron chi connectivity index (χ2n) is 5.06. The lowest BCUT2D eigenvalue weighted by atomic mass is 9.99. The zero-order valence-electron chi connectivity index (χ0n) is 12.4. The minimum atomic E-state index is 0. The zero-order valence-corrected chi connectivity index (χ0v) is 14.9. The summed E-state index contributed by atoms with van der Waals surface area (Å²) in [6.45, 7) is 3.75. The van der Waals surface area contributed by atoms with Crippen molar-refractivity contribution in [1.29, 1.82) is 5.26 Å². The molecule has 23 heavy (non-hydrogen) atoms. The lowest BCUT2D eigenvalue weighted by molar-refractivity contribution is 0.198. The van der Waals surface area contributed by atoms with Gasteiger partial charge in [0.2, 0.25) is 0 Å². The van der Waals surface area contributed by atoms with E-state index in [1.807, 2.05) is 18.2 Å². The number of para-hydroxylation sites is 1. The van der Waals surface area contributed by atoms with E-state index in [9.17, 15) is 5.11 Å². The van der Waals surface area contributed by atoms with E-state index in [1.54, 1.807) is 17.4 Å². The lowest BCUT2D eigenvalue weighted by Gasteiger charge is -2.35. The molecule has 3 rings (SSSR count). The third kappa shape index (κ3) is 4.17. The number of nitrogens with zero attached hydrogens (tertiary/aromatic N) is 2. The number of phenolic OH excluding ortho intramolecular Hbond substituents is 1. The van der Waals surface area contributed by atoms with Gasteiger partial charge in [-0.3, -0.25) is 4.90 Å². The van der Waals surface area contributed by atoms with Crippen molar-refractivity contribution in [3.63, 3.8) is 0 Å². The number of piperazine rings is 1. The second kappa shape index (κ2) is 9.11. The van der Waals surface area contributed by atoms with Crippen molar-refractivity contribution in [2.45, 2.75) is 6.04 Å². The first-order valence-corrected chi connectivity index (χ1v) is 7.89. The van der Waals surface area contributed by atoms with Crippen LogP contribution < -0.4 is 5.32 Å².